The molecule has 0 aromatic heterocycles. The fourth-order valence-corrected chi connectivity index (χ4v) is 2.54. The van der Waals surface area contributed by atoms with Gasteiger partial charge in [-0.25, -0.2) is 8.42 Å². The van der Waals surface area contributed by atoms with Crippen LogP contribution in [0.3, 0.4) is 0 Å². The van der Waals surface area contributed by atoms with Crippen LogP contribution in [0.1, 0.15) is 5.56 Å². The number of rotatable bonds is 4. The van der Waals surface area contributed by atoms with Crippen molar-refractivity contribution in [2.24, 2.45) is 0 Å². The quantitative estimate of drug-likeness (QED) is 0.607. The van der Waals surface area contributed by atoms with Gasteiger partial charge in [0.15, 0.2) is 0 Å². The zero-order valence-electron chi connectivity index (χ0n) is 12.1. The topological polar surface area (TPSA) is 86.5 Å². The van der Waals surface area contributed by atoms with E-state index >= 15 is 0 Å². The van der Waals surface area contributed by atoms with Crippen molar-refractivity contribution in [3.63, 3.8) is 0 Å². The number of nitro benzene ring substituents is 1. The number of benzene rings is 2. The zero-order valence-corrected chi connectivity index (χ0v) is 12.9. The molecule has 0 atom stereocenters. The van der Waals surface area contributed by atoms with Crippen LogP contribution in [0, 0.1) is 17.0 Å². The number of alkyl halides is 3. The first kappa shape index (κ1) is 17.7. The fraction of sp³-hybridized carbons (Fsp3) is 0.143. The Hall–Kier alpha value is -2.62. The van der Waals surface area contributed by atoms with Crippen molar-refractivity contribution in [2.45, 2.75) is 17.3 Å². The Morgan fingerprint density at radius 1 is 1.08 bits per heavy atom. The van der Waals surface area contributed by atoms with Crippen molar-refractivity contribution >= 4 is 15.5 Å². The van der Waals surface area contributed by atoms with E-state index < -0.39 is 30.9 Å². The summed E-state index contributed by atoms with van der Waals surface area (Å²) in [5.41, 5.74) is -5.54. The molecule has 0 aliphatic rings. The summed E-state index contributed by atoms with van der Waals surface area (Å²) in [5.74, 6) is -0.153. The third-order valence-corrected chi connectivity index (χ3v) is 4.47. The SMILES string of the molecule is Cc1ccc(Oc2ccc(S(=O)(=O)C(F)(F)F)cc2[N+](=O)[O-])cc1. The first-order valence-corrected chi connectivity index (χ1v) is 7.85. The molecule has 6 nitrogen and oxygen atoms in total. The molecule has 0 aliphatic carbocycles. The van der Waals surface area contributed by atoms with E-state index in [1.54, 1.807) is 12.1 Å². The van der Waals surface area contributed by atoms with Gasteiger partial charge in [-0.15, -0.1) is 0 Å². The molecule has 0 fully saturated rings. The number of nitrogens with zero attached hydrogens (tertiary/aromatic N) is 1. The lowest BCUT2D eigenvalue weighted by Crippen LogP contribution is -2.23. The molecule has 0 amide bonds. The third-order valence-electron chi connectivity index (χ3n) is 2.99. The van der Waals surface area contributed by atoms with E-state index in [-0.39, 0.29) is 11.5 Å². The molecule has 0 saturated carbocycles. The van der Waals surface area contributed by atoms with E-state index in [1.807, 2.05) is 6.92 Å². The second-order valence-corrected chi connectivity index (χ2v) is 6.69. The van der Waals surface area contributed by atoms with Gasteiger partial charge in [0.1, 0.15) is 5.75 Å². The molecular weight excluding hydrogens is 351 g/mol. The predicted molar refractivity (Wildman–Crippen MR) is 77.6 cm³/mol. The van der Waals surface area contributed by atoms with Gasteiger partial charge in [0, 0.05) is 6.07 Å². The van der Waals surface area contributed by atoms with Gasteiger partial charge in [-0.3, -0.25) is 10.1 Å². The van der Waals surface area contributed by atoms with Gasteiger partial charge in [0.05, 0.1) is 9.82 Å². The largest absolute Gasteiger partial charge is 0.501 e. The van der Waals surface area contributed by atoms with E-state index in [2.05, 4.69) is 0 Å². The fourth-order valence-electron chi connectivity index (χ4n) is 1.76. The molecule has 0 spiro atoms. The molecular formula is C14H10F3NO5S. The van der Waals surface area contributed by atoms with Gasteiger partial charge < -0.3 is 4.74 Å². The number of hydrogen-bond donors (Lipinski definition) is 0. The summed E-state index contributed by atoms with van der Waals surface area (Å²) in [6.07, 6.45) is 0. The van der Waals surface area contributed by atoms with Gasteiger partial charge in [-0.1, -0.05) is 17.7 Å². The molecule has 2 aromatic rings. The minimum atomic E-state index is -5.69. The maximum Gasteiger partial charge on any atom is 0.501 e. The lowest BCUT2D eigenvalue weighted by atomic mass is 10.2. The van der Waals surface area contributed by atoms with Crippen molar-refractivity contribution < 1.29 is 31.2 Å². The maximum absolute atomic E-state index is 12.5. The smallest absolute Gasteiger partial charge is 0.450 e. The molecule has 0 heterocycles. The molecule has 0 radical (unpaired) electrons. The Labute approximate surface area is 134 Å². The lowest BCUT2D eigenvalue weighted by Gasteiger charge is -2.10. The number of aryl methyl sites for hydroxylation is 1. The van der Waals surface area contributed by atoms with E-state index in [0.717, 1.165) is 11.6 Å². The highest BCUT2D eigenvalue weighted by Crippen LogP contribution is 2.37. The Kier molecular flexibility index (Phi) is 4.52. The van der Waals surface area contributed by atoms with E-state index in [1.165, 1.54) is 12.1 Å². The second kappa shape index (κ2) is 6.11. The zero-order chi connectivity index (χ0) is 18.1. The molecule has 2 rings (SSSR count). The van der Waals surface area contributed by atoms with Gasteiger partial charge in [0.2, 0.25) is 5.75 Å². The summed E-state index contributed by atoms with van der Waals surface area (Å²) in [4.78, 5) is 8.81. The summed E-state index contributed by atoms with van der Waals surface area (Å²) in [5, 5.41) is 11.0. The van der Waals surface area contributed by atoms with Crippen LogP contribution in [0.5, 0.6) is 11.5 Å². The number of halogens is 3. The van der Waals surface area contributed by atoms with Gasteiger partial charge in [0.25, 0.3) is 9.84 Å². The van der Waals surface area contributed by atoms with Crippen LogP contribution in [0.2, 0.25) is 0 Å². The minimum Gasteiger partial charge on any atom is -0.450 e. The van der Waals surface area contributed by atoms with Crippen LogP contribution >= 0.6 is 0 Å². The first-order chi connectivity index (χ1) is 11.0. The molecule has 2 aromatic carbocycles. The van der Waals surface area contributed by atoms with Gasteiger partial charge in [-0.05, 0) is 31.2 Å². The molecule has 0 unspecified atom stereocenters. The molecule has 24 heavy (non-hydrogen) atoms. The Morgan fingerprint density at radius 2 is 1.67 bits per heavy atom. The summed E-state index contributed by atoms with van der Waals surface area (Å²) < 4.78 is 65.6. The normalized spacial score (nSPS) is 12.0. The molecule has 0 N–H and O–H groups in total. The monoisotopic (exact) mass is 361 g/mol. The van der Waals surface area contributed by atoms with Gasteiger partial charge >= 0.3 is 11.2 Å². The predicted octanol–water partition coefficient (Wildman–Crippen LogP) is 3.99. The Morgan fingerprint density at radius 3 is 2.17 bits per heavy atom. The summed E-state index contributed by atoms with van der Waals surface area (Å²) >= 11 is 0. The highest BCUT2D eigenvalue weighted by Gasteiger charge is 2.47. The van der Waals surface area contributed by atoms with Crippen LogP contribution in [0.4, 0.5) is 18.9 Å². The molecule has 128 valence electrons. The minimum absolute atomic E-state index is 0.218. The molecule has 10 heteroatoms. The van der Waals surface area contributed by atoms with Crippen molar-refractivity contribution in [1.29, 1.82) is 0 Å². The Balaban J connectivity index is 2.48. The average Bonchev–Trinajstić information content (AvgIpc) is 2.48. The van der Waals surface area contributed by atoms with Crippen LogP contribution in [0.25, 0.3) is 0 Å². The van der Waals surface area contributed by atoms with E-state index in [4.69, 9.17) is 4.74 Å². The molecule has 0 bridgehead atoms. The molecule has 0 saturated heterocycles. The number of nitro groups is 1. The van der Waals surface area contributed by atoms with E-state index in [0.29, 0.717) is 12.1 Å². The first-order valence-electron chi connectivity index (χ1n) is 6.36. The Bertz CT molecular complexity index is 876. The van der Waals surface area contributed by atoms with Crippen molar-refractivity contribution in [1.82, 2.24) is 0 Å². The number of ether oxygens (including phenoxy) is 1. The van der Waals surface area contributed by atoms with Crippen LogP contribution < -0.4 is 4.74 Å². The van der Waals surface area contributed by atoms with Crippen molar-refractivity contribution in [3.05, 3.63) is 58.1 Å². The number of sulfone groups is 1. The summed E-state index contributed by atoms with van der Waals surface area (Å²) in [6.45, 7) is 1.81. The highest BCUT2D eigenvalue weighted by atomic mass is 32.2. The van der Waals surface area contributed by atoms with Crippen LogP contribution in [0.15, 0.2) is 47.4 Å². The average molecular weight is 361 g/mol. The highest BCUT2D eigenvalue weighted by molar-refractivity contribution is 7.92. The van der Waals surface area contributed by atoms with Crippen molar-refractivity contribution in [3.8, 4) is 11.5 Å². The third kappa shape index (κ3) is 3.48. The molecule has 0 aliphatic heterocycles. The lowest BCUT2D eigenvalue weighted by molar-refractivity contribution is -0.385. The van der Waals surface area contributed by atoms with E-state index in [9.17, 15) is 31.7 Å². The standard InChI is InChI=1S/C14H10F3NO5S/c1-9-2-4-10(5-3-9)23-13-7-6-11(8-12(13)18(19)20)24(21,22)14(15,16)17/h2-8H,1H3. The van der Waals surface area contributed by atoms with Crippen LogP contribution in [-0.2, 0) is 9.84 Å². The number of hydrogen-bond acceptors (Lipinski definition) is 5. The summed E-state index contributed by atoms with van der Waals surface area (Å²) in [6, 6.07) is 8.12. The maximum atomic E-state index is 12.5. The second-order valence-electron chi connectivity index (χ2n) is 4.75. The van der Waals surface area contributed by atoms with Crippen LogP contribution in [-0.4, -0.2) is 18.8 Å². The van der Waals surface area contributed by atoms with Gasteiger partial charge in [-0.2, -0.15) is 13.2 Å². The van der Waals surface area contributed by atoms with Crippen molar-refractivity contribution in [2.75, 3.05) is 0 Å². The summed E-state index contributed by atoms with van der Waals surface area (Å²) in [7, 11) is -5.69.